The summed E-state index contributed by atoms with van der Waals surface area (Å²) in [5, 5.41) is 0. The summed E-state index contributed by atoms with van der Waals surface area (Å²) in [5.74, 6) is 1.17. The smallest absolute Gasteiger partial charge is 0.0204 e. The van der Waals surface area contributed by atoms with Gasteiger partial charge in [-0.1, -0.05) is 71.4 Å². The Morgan fingerprint density at radius 2 is 1.63 bits per heavy atom. The van der Waals surface area contributed by atoms with Gasteiger partial charge in [0.05, 0.1) is 0 Å². The van der Waals surface area contributed by atoms with Crippen molar-refractivity contribution >= 4 is 0 Å². The summed E-state index contributed by atoms with van der Waals surface area (Å²) in [6.45, 7) is 19.6. The lowest BCUT2D eigenvalue weighted by Crippen LogP contribution is -1.96. The highest BCUT2D eigenvalue weighted by Gasteiger charge is 2.07. The highest BCUT2D eigenvalue weighted by Crippen LogP contribution is 2.25. The van der Waals surface area contributed by atoms with Gasteiger partial charge in [0.1, 0.15) is 0 Å². The third-order valence-corrected chi connectivity index (χ3v) is 3.05. The first kappa shape index (κ1) is 18.0. The van der Waals surface area contributed by atoms with Crippen molar-refractivity contribution < 1.29 is 0 Å². The fourth-order valence-corrected chi connectivity index (χ4v) is 2.12. The van der Waals surface area contributed by atoms with Crippen molar-refractivity contribution in [2.24, 2.45) is 11.8 Å². The number of allylic oxidation sites excluding steroid dienone is 7. The SMILES string of the molecule is C=C(C)C(C=CC(C)C)=C(C)C(=CC(C)C)CCC. The first-order valence-corrected chi connectivity index (χ1v) is 7.55. The fourth-order valence-electron chi connectivity index (χ4n) is 2.12. The van der Waals surface area contributed by atoms with Crippen LogP contribution in [0.25, 0.3) is 0 Å². The van der Waals surface area contributed by atoms with Gasteiger partial charge >= 0.3 is 0 Å². The Morgan fingerprint density at radius 1 is 1.05 bits per heavy atom. The van der Waals surface area contributed by atoms with Gasteiger partial charge in [-0.05, 0) is 48.8 Å². The summed E-state index contributed by atoms with van der Waals surface area (Å²) in [5.41, 5.74) is 5.32. The quantitative estimate of drug-likeness (QED) is 0.460. The van der Waals surface area contributed by atoms with Crippen LogP contribution < -0.4 is 0 Å². The van der Waals surface area contributed by atoms with Crippen molar-refractivity contribution in [3.8, 4) is 0 Å². The van der Waals surface area contributed by atoms with Gasteiger partial charge in [0.2, 0.25) is 0 Å². The summed E-state index contributed by atoms with van der Waals surface area (Å²) in [6.07, 6.45) is 9.23. The maximum Gasteiger partial charge on any atom is -0.0204 e. The van der Waals surface area contributed by atoms with Gasteiger partial charge in [-0.3, -0.25) is 0 Å². The summed E-state index contributed by atoms with van der Waals surface area (Å²) in [6, 6.07) is 0. The van der Waals surface area contributed by atoms with Crippen molar-refractivity contribution in [3.63, 3.8) is 0 Å². The molecule has 0 saturated carbocycles. The van der Waals surface area contributed by atoms with Crippen LogP contribution in [-0.4, -0.2) is 0 Å². The lowest BCUT2D eigenvalue weighted by Gasteiger charge is -2.14. The highest BCUT2D eigenvalue weighted by atomic mass is 14.1. The van der Waals surface area contributed by atoms with Gasteiger partial charge in [0.15, 0.2) is 0 Å². The Labute approximate surface area is 121 Å². The molecule has 0 amide bonds. The second-order valence-corrected chi connectivity index (χ2v) is 6.11. The molecule has 0 bridgehead atoms. The molecule has 0 N–H and O–H groups in total. The lowest BCUT2D eigenvalue weighted by atomic mass is 9.91. The zero-order valence-electron chi connectivity index (χ0n) is 14.0. The van der Waals surface area contributed by atoms with Crippen LogP contribution >= 0.6 is 0 Å². The van der Waals surface area contributed by atoms with Crippen LogP contribution in [0, 0.1) is 11.8 Å². The molecular formula is C19H32. The first-order valence-electron chi connectivity index (χ1n) is 7.55. The van der Waals surface area contributed by atoms with Crippen molar-refractivity contribution in [1.82, 2.24) is 0 Å². The molecule has 0 saturated heterocycles. The van der Waals surface area contributed by atoms with Gasteiger partial charge in [0.25, 0.3) is 0 Å². The van der Waals surface area contributed by atoms with E-state index in [9.17, 15) is 0 Å². The predicted molar refractivity (Wildman–Crippen MR) is 89.3 cm³/mol. The van der Waals surface area contributed by atoms with Crippen LogP contribution in [0.1, 0.15) is 61.3 Å². The Hall–Kier alpha value is -1.04. The molecule has 0 aliphatic rings. The van der Waals surface area contributed by atoms with Crippen molar-refractivity contribution in [1.29, 1.82) is 0 Å². The number of hydrogen-bond acceptors (Lipinski definition) is 0. The van der Waals surface area contributed by atoms with Crippen LogP contribution in [0.15, 0.2) is 47.1 Å². The Balaban J connectivity index is 5.57. The lowest BCUT2D eigenvalue weighted by molar-refractivity contribution is 0.800. The van der Waals surface area contributed by atoms with Crippen LogP contribution in [-0.2, 0) is 0 Å². The zero-order valence-corrected chi connectivity index (χ0v) is 14.0. The second kappa shape index (κ2) is 8.96. The average molecular weight is 260 g/mol. The minimum atomic E-state index is 0.575. The molecule has 0 rings (SSSR count). The summed E-state index contributed by atoms with van der Waals surface area (Å²) in [7, 11) is 0. The minimum absolute atomic E-state index is 0.575. The highest BCUT2D eigenvalue weighted by molar-refractivity contribution is 5.48. The Bertz CT molecular complexity index is 373. The van der Waals surface area contributed by atoms with Gasteiger partial charge in [0, 0.05) is 0 Å². The number of rotatable bonds is 7. The van der Waals surface area contributed by atoms with E-state index in [1.807, 2.05) is 0 Å². The molecule has 19 heavy (non-hydrogen) atoms. The average Bonchev–Trinajstić information content (AvgIpc) is 2.26. The van der Waals surface area contributed by atoms with Gasteiger partial charge in [-0.15, -0.1) is 0 Å². The summed E-state index contributed by atoms with van der Waals surface area (Å²) in [4.78, 5) is 0. The number of hydrogen-bond donors (Lipinski definition) is 0. The predicted octanol–water partition coefficient (Wildman–Crippen LogP) is 6.47. The van der Waals surface area contributed by atoms with E-state index in [1.54, 1.807) is 0 Å². The first-order chi connectivity index (χ1) is 8.79. The summed E-state index contributed by atoms with van der Waals surface area (Å²) < 4.78 is 0. The van der Waals surface area contributed by atoms with E-state index >= 15 is 0 Å². The molecule has 0 aromatic rings. The summed E-state index contributed by atoms with van der Waals surface area (Å²) >= 11 is 0. The molecule has 0 aliphatic carbocycles. The maximum absolute atomic E-state index is 4.14. The minimum Gasteiger partial charge on any atom is -0.0955 e. The molecule has 0 atom stereocenters. The molecule has 0 spiro atoms. The Kier molecular flexibility index (Phi) is 8.47. The van der Waals surface area contributed by atoms with Crippen LogP contribution in [0.4, 0.5) is 0 Å². The molecule has 108 valence electrons. The molecule has 0 nitrogen and oxygen atoms in total. The molecule has 0 aromatic carbocycles. The molecule has 0 aromatic heterocycles. The third kappa shape index (κ3) is 7.20. The Morgan fingerprint density at radius 3 is 2.00 bits per heavy atom. The van der Waals surface area contributed by atoms with E-state index in [-0.39, 0.29) is 0 Å². The maximum atomic E-state index is 4.14. The normalized spacial score (nSPS) is 14.5. The van der Waals surface area contributed by atoms with E-state index < -0.39 is 0 Å². The van der Waals surface area contributed by atoms with Crippen molar-refractivity contribution in [3.05, 3.63) is 47.1 Å². The topological polar surface area (TPSA) is 0 Å². The third-order valence-electron chi connectivity index (χ3n) is 3.05. The second-order valence-electron chi connectivity index (χ2n) is 6.11. The van der Waals surface area contributed by atoms with E-state index in [1.165, 1.54) is 23.1 Å². The largest absolute Gasteiger partial charge is 0.0955 e. The van der Waals surface area contributed by atoms with Crippen molar-refractivity contribution in [2.45, 2.75) is 61.3 Å². The monoisotopic (exact) mass is 260 g/mol. The van der Waals surface area contributed by atoms with Crippen LogP contribution in [0.2, 0.25) is 0 Å². The van der Waals surface area contributed by atoms with E-state index in [2.05, 4.69) is 73.3 Å². The fraction of sp³-hybridized carbons (Fsp3) is 0.579. The van der Waals surface area contributed by atoms with Crippen molar-refractivity contribution in [2.75, 3.05) is 0 Å². The molecule has 0 radical (unpaired) electrons. The van der Waals surface area contributed by atoms with E-state index in [0.29, 0.717) is 11.8 Å². The molecular weight excluding hydrogens is 228 g/mol. The zero-order chi connectivity index (χ0) is 15.0. The van der Waals surface area contributed by atoms with Gasteiger partial charge in [-0.25, -0.2) is 0 Å². The van der Waals surface area contributed by atoms with Crippen LogP contribution in [0.3, 0.4) is 0 Å². The van der Waals surface area contributed by atoms with Gasteiger partial charge < -0.3 is 0 Å². The van der Waals surface area contributed by atoms with E-state index in [0.717, 1.165) is 12.0 Å². The molecule has 0 heteroatoms. The molecule has 0 heterocycles. The molecule has 0 aliphatic heterocycles. The van der Waals surface area contributed by atoms with E-state index in [4.69, 9.17) is 0 Å². The standard InChI is InChI=1S/C19H32/c1-9-10-18(13-15(4)5)17(8)19(16(6)7)12-11-14(2)3/h11-15H,6,9-10H2,1-5,7-8H3. The van der Waals surface area contributed by atoms with Crippen LogP contribution in [0.5, 0.6) is 0 Å². The molecule has 0 unspecified atom stereocenters. The van der Waals surface area contributed by atoms with Gasteiger partial charge in [-0.2, -0.15) is 0 Å². The molecule has 0 fully saturated rings.